The van der Waals surface area contributed by atoms with Gasteiger partial charge in [0.2, 0.25) is 5.91 Å². The molecule has 0 bridgehead atoms. The number of benzene rings is 2. The quantitative estimate of drug-likeness (QED) is 0.516. The van der Waals surface area contributed by atoms with Crippen LogP contribution in [0.15, 0.2) is 48.5 Å². The molecule has 0 radical (unpaired) electrons. The molecule has 0 aromatic heterocycles. The lowest BCUT2D eigenvalue weighted by molar-refractivity contribution is -0.141. The van der Waals surface area contributed by atoms with Crippen LogP contribution in [0.25, 0.3) is 0 Å². The Morgan fingerprint density at radius 2 is 1.69 bits per heavy atom. The number of nitrogens with zero attached hydrogens (tertiary/aromatic N) is 1. The maximum Gasteiger partial charge on any atom is 0.408 e. The lowest BCUT2D eigenvalue weighted by atomic mass is 10.00. The van der Waals surface area contributed by atoms with Crippen LogP contribution in [-0.2, 0) is 20.7 Å². The molecule has 7 heteroatoms. The molecule has 4 unspecified atom stereocenters. The molecule has 3 rings (SSSR count). The summed E-state index contributed by atoms with van der Waals surface area (Å²) in [6, 6.07) is 13.6. The second-order valence-electron chi connectivity index (χ2n) is 10.7. The molecule has 194 valence electrons. The van der Waals surface area contributed by atoms with Crippen molar-refractivity contribution in [3.8, 4) is 0 Å². The van der Waals surface area contributed by atoms with Crippen molar-refractivity contribution in [2.45, 2.75) is 85.0 Å². The van der Waals surface area contributed by atoms with Gasteiger partial charge in [-0.25, -0.2) is 4.79 Å². The predicted octanol–water partition coefficient (Wildman–Crippen LogP) is 5.39. The van der Waals surface area contributed by atoms with E-state index in [1.807, 2.05) is 55.5 Å². The molecule has 2 aromatic rings. The Labute approximate surface area is 214 Å². The minimum Gasteiger partial charge on any atom is -0.444 e. The first-order valence-electron chi connectivity index (χ1n) is 12.7. The van der Waals surface area contributed by atoms with Crippen LogP contribution in [0.4, 0.5) is 10.5 Å². The summed E-state index contributed by atoms with van der Waals surface area (Å²) in [6.07, 6.45) is 1.01. The van der Waals surface area contributed by atoms with E-state index >= 15 is 0 Å². The zero-order valence-corrected chi connectivity index (χ0v) is 22.4. The van der Waals surface area contributed by atoms with E-state index in [1.54, 1.807) is 32.6 Å². The number of hydrogen-bond acceptors (Lipinski definition) is 4. The minimum absolute atomic E-state index is 0.0983. The molecular formula is C29H39N3O4. The summed E-state index contributed by atoms with van der Waals surface area (Å²) in [4.78, 5) is 41.7. The van der Waals surface area contributed by atoms with Crippen LogP contribution in [0, 0.1) is 12.8 Å². The first kappa shape index (κ1) is 27.2. The first-order chi connectivity index (χ1) is 16.9. The molecule has 0 aliphatic heterocycles. The number of alkyl carbamates (subject to hydrolysis) is 1. The maximum atomic E-state index is 13.8. The molecule has 0 spiro atoms. The third kappa shape index (κ3) is 6.86. The van der Waals surface area contributed by atoms with Gasteiger partial charge in [-0.2, -0.15) is 0 Å². The third-order valence-electron chi connectivity index (χ3n) is 6.42. The Balaban J connectivity index is 1.95. The fraction of sp³-hybridized carbons (Fsp3) is 0.483. The molecule has 2 aromatic carbocycles. The number of amides is 3. The van der Waals surface area contributed by atoms with Gasteiger partial charge in [-0.1, -0.05) is 56.3 Å². The van der Waals surface area contributed by atoms with E-state index in [9.17, 15) is 14.4 Å². The minimum atomic E-state index is -0.865. The number of carbonyl (C=O) groups is 3. The fourth-order valence-corrected chi connectivity index (χ4v) is 4.23. The van der Waals surface area contributed by atoms with E-state index < -0.39 is 23.8 Å². The molecule has 4 atom stereocenters. The van der Waals surface area contributed by atoms with Gasteiger partial charge < -0.3 is 20.3 Å². The zero-order chi connectivity index (χ0) is 26.6. The highest BCUT2D eigenvalue weighted by molar-refractivity contribution is 5.99. The van der Waals surface area contributed by atoms with Crippen molar-refractivity contribution in [1.29, 1.82) is 0 Å². The van der Waals surface area contributed by atoms with Crippen LogP contribution in [0.3, 0.4) is 0 Å². The Hall–Kier alpha value is -3.35. The summed E-state index contributed by atoms with van der Waals surface area (Å²) in [6.45, 7) is 13.0. The highest BCUT2D eigenvalue weighted by Crippen LogP contribution is 2.41. The normalized spacial score (nSPS) is 18.5. The Kier molecular flexibility index (Phi) is 8.43. The number of anilines is 1. The summed E-state index contributed by atoms with van der Waals surface area (Å²) < 4.78 is 5.35. The van der Waals surface area contributed by atoms with Gasteiger partial charge in [0, 0.05) is 11.7 Å². The van der Waals surface area contributed by atoms with Crippen molar-refractivity contribution in [2.75, 3.05) is 5.32 Å². The van der Waals surface area contributed by atoms with Gasteiger partial charge in [-0.3, -0.25) is 9.59 Å². The van der Waals surface area contributed by atoms with E-state index in [4.69, 9.17) is 4.74 Å². The molecule has 7 nitrogen and oxygen atoms in total. The molecule has 1 aliphatic rings. The van der Waals surface area contributed by atoms with Gasteiger partial charge in [0.1, 0.15) is 17.7 Å². The van der Waals surface area contributed by atoms with E-state index in [2.05, 4.69) is 24.5 Å². The number of carbonyl (C=O) groups excluding carboxylic acids is 3. The number of rotatable bonds is 8. The van der Waals surface area contributed by atoms with Gasteiger partial charge >= 0.3 is 6.09 Å². The van der Waals surface area contributed by atoms with Crippen molar-refractivity contribution in [3.63, 3.8) is 0 Å². The summed E-state index contributed by atoms with van der Waals surface area (Å²) in [5.41, 5.74) is 2.83. The second-order valence-corrected chi connectivity index (χ2v) is 10.7. The summed E-state index contributed by atoms with van der Waals surface area (Å²) in [7, 11) is 0. The van der Waals surface area contributed by atoms with Crippen molar-refractivity contribution < 1.29 is 19.1 Å². The molecule has 36 heavy (non-hydrogen) atoms. The number of hydrogen-bond donors (Lipinski definition) is 2. The summed E-state index contributed by atoms with van der Waals surface area (Å²) in [5, 5.41) is 5.69. The van der Waals surface area contributed by atoms with Crippen molar-refractivity contribution in [1.82, 2.24) is 10.2 Å². The first-order valence-corrected chi connectivity index (χ1v) is 12.7. The monoisotopic (exact) mass is 493 g/mol. The highest BCUT2D eigenvalue weighted by Gasteiger charge is 2.47. The van der Waals surface area contributed by atoms with Gasteiger partial charge in [0.05, 0.1) is 0 Å². The van der Waals surface area contributed by atoms with E-state index in [-0.39, 0.29) is 23.8 Å². The predicted molar refractivity (Wildman–Crippen MR) is 142 cm³/mol. The zero-order valence-electron chi connectivity index (χ0n) is 22.4. The molecule has 1 saturated carbocycles. The van der Waals surface area contributed by atoms with Crippen LogP contribution >= 0.6 is 0 Å². The van der Waals surface area contributed by atoms with Crippen LogP contribution in [0.1, 0.15) is 70.7 Å². The molecular weight excluding hydrogens is 454 g/mol. The smallest absolute Gasteiger partial charge is 0.408 e. The number of ether oxygens (including phenoxy) is 1. The van der Waals surface area contributed by atoms with Crippen LogP contribution in [0.2, 0.25) is 0 Å². The number of para-hydroxylation sites is 1. The van der Waals surface area contributed by atoms with Gasteiger partial charge in [0.15, 0.2) is 0 Å². The van der Waals surface area contributed by atoms with E-state index in [0.717, 1.165) is 29.5 Å². The average Bonchev–Trinajstić information content (AvgIpc) is 3.52. The Morgan fingerprint density at radius 1 is 1.08 bits per heavy atom. The van der Waals surface area contributed by atoms with Crippen LogP contribution < -0.4 is 10.6 Å². The standard InChI is InChI=1S/C29H39N3O4/c1-8-21-13-15-22(16-14-21)25(26(33)31-23-12-10-9-11-18(23)2)32(24-17-19(24)3)27(34)20(4)30-28(35)36-29(5,6)7/h9-16,19-20,24-25H,8,17H2,1-7H3,(H,30,35)(H,31,33). The Bertz CT molecular complexity index is 1090. The lowest BCUT2D eigenvalue weighted by Gasteiger charge is -2.34. The van der Waals surface area contributed by atoms with Gasteiger partial charge in [-0.15, -0.1) is 0 Å². The Morgan fingerprint density at radius 3 is 2.22 bits per heavy atom. The molecule has 1 aliphatic carbocycles. The summed E-state index contributed by atoms with van der Waals surface area (Å²) in [5.74, 6) is -0.350. The van der Waals surface area contributed by atoms with Crippen molar-refractivity contribution in [3.05, 3.63) is 65.2 Å². The van der Waals surface area contributed by atoms with Crippen molar-refractivity contribution in [2.24, 2.45) is 5.92 Å². The van der Waals surface area contributed by atoms with Gasteiger partial charge in [-0.05, 0) is 76.1 Å². The van der Waals surface area contributed by atoms with Crippen LogP contribution in [-0.4, -0.2) is 40.5 Å². The second kappa shape index (κ2) is 11.1. The number of nitrogens with one attached hydrogen (secondary N) is 2. The molecule has 1 fully saturated rings. The molecule has 2 N–H and O–H groups in total. The highest BCUT2D eigenvalue weighted by atomic mass is 16.6. The third-order valence-corrected chi connectivity index (χ3v) is 6.42. The fourth-order valence-electron chi connectivity index (χ4n) is 4.23. The van der Waals surface area contributed by atoms with Crippen molar-refractivity contribution >= 4 is 23.6 Å². The lowest BCUT2D eigenvalue weighted by Crippen LogP contribution is -2.52. The number of aryl methyl sites for hydroxylation is 2. The average molecular weight is 494 g/mol. The van der Waals surface area contributed by atoms with E-state index in [0.29, 0.717) is 5.69 Å². The van der Waals surface area contributed by atoms with Crippen LogP contribution in [0.5, 0.6) is 0 Å². The molecule has 0 saturated heterocycles. The topological polar surface area (TPSA) is 87.7 Å². The largest absolute Gasteiger partial charge is 0.444 e. The summed E-state index contributed by atoms with van der Waals surface area (Å²) >= 11 is 0. The molecule has 0 heterocycles. The maximum absolute atomic E-state index is 13.8. The van der Waals surface area contributed by atoms with E-state index in [1.165, 1.54) is 0 Å². The molecule has 3 amide bonds. The SMILES string of the molecule is CCc1ccc(C(C(=O)Nc2ccccc2C)N(C(=O)C(C)NC(=O)OC(C)(C)C)C2CC2C)cc1. The van der Waals surface area contributed by atoms with Gasteiger partial charge in [0.25, 0.3) is 5.91 Å².